The second-order valence-corrected chi connectivity index (χ2v) is 9.04. The number of amides is 1. The number of fused-ring (bicyclic) bond motifs is 1. The second kappa shape index (κ2) is 8.03. The maximum atomic E-state index is 11.8. The molecule has 0 bridgehead atoms. The minimum absolute atomic E-state index is 0.243. The monoisotopic (exact) mass is 451 g/mol. The maximum Gasteiger partial charge on any atom is 0.298 e. The highest BCUT2D eigenvalue weighted by Gasteiger charge is 2.28. The van der Waals surface area contributed by atoms with Crippen LogP contribution in [0.1, 0.15) is 24.3 Å². The summed E-state index contributed by atoms with van der Waals surface area (Å²) in [6.07, 6.45) is 17.6. The van der Waals surface area contributed by atoms with Gasteiger partial charge in [0.2, 0.25) is 0 Å². The third-order valence-corrected chi connectivity index (χ3v) is 6.77. The van der Waals surface area contributed by atoms with Crippen LogP contribution < -0.4 is 4.90 Å². The molecule has 4 aromatic heterocycles. The van der Waals surface area contributed by atoms with Gasteiger partial charge in [-0.1, -0.05) is 0 Å². The largest absolute Gasteiger partial charge is 0.353 e. The van der Waals surface area contributed by atoms with E-state index in [-0.39, 0.29) is 5.91 Å². The number of aromatic nitrogens is 5. The lowest BCUT2D eigenvalue weighted by Gasteiger charge is -2.34. The van der Waals surface area contributed by atoms with Gasteiger partial charge in [-0.15, -0.1) is 6.42 Å². The van der Waals surface area contributed by atoms with Crippen LogP contribution in [-0.2, 0) is 11.8 Å². The van der Waals surface area contributed by atoms with Gasteiger partial charge in [0.25, 0.3) is 5.91 Å². The smallest absolute Gasteiger partial charge is 0.298 e. The van der Waals surface area contributed by atoms with E-state index in [9.17, 15) is 4.79 Å². The van der Waals surface area contributed by atoms with Crippen molar-refractivity contribution in [2.24, 2.45) is 7.05 Å². The molecule has 2 aliphatic rings. The van der Waals surface area contributed by atoms with E-state index in [0.29, 0.717) is 19.0 Å². The molecule has 8 heteroatoms. The highest BCUT2D eigenvalue weighted by Crippen LogP contribution is 2.44. The summed E-state index contributed by atoms with van der Waals surface area (Å²) in [5, 5.41) is 9.03. The molecular formula is C26H25N7O. The molecule has 1 saturated heterocycles. The zero-order valence-corrected chi connectivity index (χ0v) is 19.1. The molecule has 5 heterocycles. The molecule has 1 aliphatic carbocycles. The van der Waals surface area contributed by atoms with Crippen molar-refractivity contribution >= 4 is 17.2 Å². The Balaban J connectivity index is 1.35. The molecule has 0 unspecified atom stereocenters. The van der Waals surface area contributed by atoms with Crippen LogP contribution in [0.4, 0.5) is 5.82 Å². The van der Waals surface area contributed by atoms with Gasteiger partial charge in [-0.2, -0.15) is 10.2 Å². The van der Waals surface area contributed by atoms with Gasteiger partial charge in [0, 0.05) is 79.6 Å². The van der Waals surface area contributed by atoms with Gasteiger partial charge in [-0.25, -0.2) is 9.50 Å². The Morgan fingerprint density at radius 3 is 2.47 bits per heavy atom. The molecule has 0 atom stereocenters. The molecule has 6 rings (SSSR count). The number of terminal acetylenes is 1. The third kappa shape index (κ3) is 3.59. The molecule has 2 fully saturated rings. The normalized spacial score (nSPS) is 16.1. The Kier molecular flexibility index (Phi) is 4.84. The van der Waals surface area contributed by atoms with Crippen LogP contribution in [0.2, 0.25) is 0 Å². The zero-order chi connectivity index (χ0) is 23.2. The number of aryl methyl sites for hydroxylation is 1. The number of piperazine rings is 1. The Hall–Kier alpha value is -4.12. The van der Waals surface area contributed by atoms with Gasteiger partial charge >= 0.3 is 0 Å². The SMILES string of the molecule is C#CC(=O)N1CCN(c2ccc(-c3cc(-c4cnn(C)c4)cn4ncc(C5CC5)c34)cn2)CC1. The molecular weight excluding hydrogens is 426 g/mol. The van der Waals surface area contributed by atoms with Crippen molar-refractivity contribution in [1.29, 1.82) is 0 Å². The minimum atomic E-state index is -0.243. The summed E-state index contributed by atoms with van der Waals surface area (Å²) >= 11 is 0. The summed E-state index contributed by atoms with van der Waals surface area (Å²) in [5.41, 5.74) is 6.78. The summed E-state index contributed by atoms with van der Waals surface area (Å²) in [6.45, 7) is 2.66. The molecule has 8 nitrogen and oxygen atoms in total. The molecule has 34 heavy (non-hydrogen) atoms. The zero-order valence-electron chi connectivity index (χ0n) is 19.1. The Morgan fingerprint density at radius 2 is 1.82 bits per heavy atom. The molecule has 0 spiro atoms. The number of rotatable bonds is 4. The molecule has 1 amide bonds. The molecule has 1 aliphatic heterocycles. The van der Waals surface area contributed by atoms with Crippen LogP contribution in [-0.4, -0.2) is 61.4 Å². The van der Waals surface area contributed by atoms with Crippen molar-refractivity contribution in [2.75, 3.05) is 31.1 Å². The maximum absolute atomic E-state index is 11.8. The van der Waals surface area contributed by atoms with E-state index in [0.717, 1.165) is 46.7 Å². The molecule has 0 radical (unpaired) electrons. The van der Waals surface area contributed by atoms with Crippen molar-refractivity contribution in [2.45, 2.75) is 18.8 Å². The molecule has 0 N–H and O–H groups in total. The lowest BCUT2D eigenvalue weighted by molar-refractivity contribution is -0.125. The first-order valence-corrected chi connectivity index (χ1v) is 11.6. The molecule has 0 aromatic carbocycles. The van der Waals surface area contributed by atoms with E-state index in [4.69, 9.17) is 16.5 Å². The highest BCUT2D eigenvalue weighted by molar-refractivity contribution is 5.93. The number of hydrogen-bond acceptors (Lipinski definition) is 5. The summed E-state index contributed by atoms with van der Waals surface area (Å²) in [6, 6.07) is 6.42. The highest BCUT2D eigenvalue weighted by atomic mass is 16.2. The van der Waals surface area contributed by atoms with E-state index in [2.05, 4.69) is 40.3 Å². The Bertz CT molecular complexity index is 1410. The number of anilines is 1. The quantitative estimate of drug-likeness (QED) is 0.446. The van der Waals surface area contributed by atoms with Crippen LogP contribution in [0.15, 0.2) is 49.2 Å². The average molecular weight is 452 g/mol. The number of carbonyl (C=O) groups excluding carboxylic acids is 1. The van der Waals surface area contributed by atoms with Gasteiger partial charge in [0.05, 0.1) is 17.9 Å². The van der Waals surface area contributed by atoms with Crippen molar-refractivity contribution in [3.8, 4) is 34.6 Å². The van der Waals surface area contributed by atoms with E-state index < -0.39 is 0 Å². The van der Waals surface area contributed by atoms with E-state index in [1.54, 1.807) is 4.90 Å². The average Bonchev–Trinajstić information content (AvgIpc) is 3.48. The predicted molar refractivity (Wildman–Crippen MR) is 130 cm³/mol. The predicted octanol–water partition coefficient (Wildman–Crippen LogP) is 2.96. The fourth-order valence-electron chi connectivity index (χ4n) is 4.75. The summed E-state index contributed by atoms with van der Waals surface area (Å²) < 4.78 is 3.81. The number of pyridine rings is 2. The fraction of sp³-hybridized carbons (Fsp3) is 0.308. The summed E-state index contributed by atoms with van der Waals surface area (Å²) in [5.74, 6) is 3.46. The number of nitrogens with zero attached hydrogens (tertiary/aromatic N) is 7. The van der Waals surface area contributed by atoms with Crippen molar-refractivity contribution in [3.05, 3.63) is 54.7 Å². The number of hydrogen-bond donors (Lipinski definition) is 0. The van der Waals surface area contributed by atoms with Crippen LogP contribution in [0.3, 0.4) is 0 Å². The Labute approximate surface area is 197 Å². The van der Waals surface area contributed by atoms with Gasteiger partial charge in [-0.3, -0.25) is 9.48 Å². The minimum Gasteiger partial charge on any atom is -0.353 e. The van der Waals surface area contributed by atoms with E-state index in [1.165, 1.54) is 18.4 Å². The van der Waals surface area contributed by atoms with E-state index >= 15 is 0 Å². The van der Waals surface area contributed by atoms with Crippen molar-refractivity contribution in [1.82, 2.24) is 29.3 Å². The van der Waals surface area contributed by atoms with Crippen LogP contribution >= 0.6 is 0 Å². The molecule has 170 valence electrons. The topological polar surface area (TPSA) is 71.6 Å². The summed E-state index contributed by atoms with van der Waals surface area (Å²) in [7, 11) is 1.92. The third-order valence-electron chi connectivity index (χ3n) is 6.77. The first-order valence-electron chi connectivity index (χ1n) is 11.6. The second-order valence-electron chi connectivity index (χ2n) is 9.04. The van der Waals surface area contributed by atoms with Gasteiger partial charge in [0.15, 0.2) is 0 Å². The number of carbonyl (C=O) groups is 1. The van der Waals surface area contributed by atoms with E-state index in [1.807, 2.05) is 41.0 Å². The van der Waals surface area contributed by atoms with Crippen molar-refractivity contribution < 1.29 is 4.79 Å². The van der Waals surface area contributed by atoms with Gasteiger partial charge in [0.1, 0.15) is 5.82 Å². The lowest BCUT2D eigenvalue weighted by Crippen LogP contribution is -2.48. The lowest BCUT2D eigenvalue weighted by atomic mass is 10.00. The van der Waals surface area contributed by atoms with Gasteiger partial charge < -0.3 is 9.80 Å². The van der Waals surface area contributed by atoms with Crippen LogP contribution in [0.5, 0.6) is 0 Å². The standard InChI is InChI=1S/C26H25N7O/c1-3-25(34)32-10-8-31(9-11-32)24-7-6-19(13-27-24)22-12-20(21-14-28-30(2)16-21)17-33-26(22)23(15-29-33)18-4-5-18/h1,6-7,12-18H,4-5,8-11H2,2H3. The molecule has 1 saturated carbocycles. The summed E-state index contributed by atoms with van der Waals surface area (Å²) in [4.78, 5) is 20.5. The van der Waals surface area contributed by atoms with Gasteiger partial charge in [-0.05, 0) is 42.9 Å². The Morgan fingerprint density at radius 1 is 1.00 bits per heavy atom. The van der Waals surface area contributed by atoms with Crippen LogP contribution in [0.25, 0.3) is 27.8 Å². The first kappa shape index (κ1) is 20.5. The molecule has 4 aromatic rings. The first-order chi connectivity index (χ1) is 16.6. The fourth-order valence-corrected chi connectivity index (χ4v) is 4.75. The van der Waals surface area contributed by atoms with Crippen LogP contribution in [0, 0.1) is 12.3 Å². The van der Waals surface area contributed by atoms with Crippen molar-refractivity contribution in [3.63, 3.8) is 0 Å².